The first-order valence-corrected chi connectivity index (χ1v) is 10.4. The average Bonchev–Trinajstić information content (AvgIpc) is 2.96. The smallest absolute Gasteiger partial charge is 0.325 e. The first kappa shape index (κ1) is 23.7. The van der Waals surface area contributed by atoms with Gasteiger partial charge in [0.2, 0.25) is 5.91 Å². The number of nitrogens with one attached hydrogen (secondary N) is 1. The summed E-state index contributed by atoms with van der Waals surface area (Å²) in [6.07, 6.45) is 0. The highest BCUT2D eigenvalue weighted by atomic mass is 35.5. The van der Waals surface area contributed by atoms with Gasteiger partial charge in [0.1, 0.15) is 12.1 Å². The molecule has 1 aliphatic rings. The lowest BCUT2D eigenvalue weighted by Crippen LogP contribution is -2.43. The number of methoxy groups -OCH3 is 2. The van der Waals surface area contributed by atoms with Crippen molar-refractivity contribution in [2.24, 2.45) is 0 Å². The van der Waals surface area contributed by atoms with Gasteiger partial charge in [-0.25, -0.2) is 4.79 Å². The van der Waals surface area contributed by atoms with Crippen LogP contribution in [0.25, 0.3) is 0 Å². The molecule has 1 unspecified atom stereocenters. The summed E-state index contributed by atoms with van der Waals surface area (Å²) in [7, 11) is 4.65. The van der Waals surface area contributed by atoms with E-state index in [0.29, 0.717) is 22.1 Å². The molecule has 10 heteroatoms. The van der Waals surface area contributed by atoms with Gasteiger partial charge in [-0.3, -0.25) is 14.5 Å². The lowest BCUT2D eigenvalue weighted by atomic mass is 9.92. The van der Waals surface area contributed by atoms with Crippen molar-refractivity contribution in [2.75, 3.05) is 27.8 Å². The normalized spacial score (nSPS) is 17.9. The summed E-state index contributed by atoms with van der Waals surface area (Å²) < 4.78 is 10.5. The molecule has 170 valence electrons. The first-order chi connectivity index (χ1) is 15.1. The third-order valence-corrected chi connectivity index (χ3v) is 5.88. The molecule has 2 aromatic carbocycles. The molecule has 1 aliphatic heterocycles. The molecule has 0 aromatic heterocycles. The second kappa shape index (κ2) is 9.26. The molecule has 4 amide bonds. The number of rotatable bonds is 7. The monoisotopic (exact) mass is 479 g/mol. The van der Waals surface area contributed by atoms with Crippen LogP contribution in [0.4, 0.5) is 4.79 Å². The van der Waals surface area contributed by atoms with Gasteiger partial charge in [-0.05, 0) is 36.8 Å². The van der Waals surface area contributed by atoms with Gasteiger partial charge < -0.3 is 19.7 Å². The SMILES string of the molecule is COc1ccc(CN(C)C(=O)CN2C(=O)NC(C)(c3ccc(Cl)cc3Cl)C2=O)cc1OC. The van der Waals surface area contributed by atoms with Crippen LogP contribution in [0, 0.1) is 0 Å². The van der Waals surface area contributed by atoms with E-state index in [1.807, 2.05) is 0 Å². The van der Waals surface area contributed by atoms with Gasteiger partial charge in [0.25, 0.3) is 5.91 Å². The maximum absolute atomic E-state index is 13.1. The van der Waals surface area contributed by atoms with Crippen LogP contribution in [0.15, 0.2) is 36.4 Å². The number of ether oxygens (including phenoxy) is 2. The minimum atomic E-state index is -1.40. The predicted octanol–water partition coefficient (Wildman–Crippen LogP) is 3.44. The Morgan fingerprint density at radius 2 is 1.78 bits per heavy atom. The second-order valence-electron chi connectivity index (χ2n) is 7.51. The Morgan fingerprint density at radius 1 is 1.09 bits per heavy atom. The third-order valence-electron chi connectivity index (χ3n) is 5.33. The zero-order valence-corrected chi connectivity index (χ0v) is 19.6. The number of carbonyl (C=O) groups excluding carboxylic acids is 3. The molecule has 1 fully saturated rings. The van der Waals surface area contributed by atoms with Crippen LogP contribution in [0.5, 0.6) is 11.5 Å². The van der Waals surface area contributed by atoms with E-state index in [1.54, 1.807) is 44.3 Å². The van der Waals surface area contributed by atoms with E-state index in [-0.39, 0.29) is 11.6 Å². The molecule has 0 aliphatic carbocycles. The predicted molar refractivity (Wildman–Crippen MR) is 120 cm³/mol. The van der Waals surface area contributed by atoms with E-state index in [2.05, 4.69) is 5.32 Å². The molecule has 3 rings (SSSR count). The van der Waals surface area contributed by atoms with Crippen molar-refractivity contribution in [1.82, 2.24) is 15.1 Å². The van der Waals surface area contributed by atoms with Gasteiger partial charge in [-0.15, -0.1) is 0 Å². The molecule has 0 bridgehead atoms. The van der Waals surface area contributed by atoms with Crippen LogP contribution in [-0.4, -0.2) is 55.5 Å². The molecular formula is C22H23Cl2N3O5. The van der Waals surface area contributed by atoms with Gasteiger partial charge in [0.15, 0.2) is 11.5 Å². The number of likely N-dealkylation sites (N-methyl/N-ethyl adjacent to an activating group) is 1. The van der Waals surface area contributed by atoms with E-state index in [1.165, 1.54) is 25.2 Å². The Balaban J connectivity index is 1.73. The third kappa shape index (κ3) is 4.47. The molecule has 0 radical (unpaired) electrons. The number of urea groups is 1. The fourth-order valence-corrected chi connectivity index (χ4v) is 4.11. The van der Waals surface area contributed by atoms with Crippen molar-refractivity contribution < 1.29 is 23.9 Å². The van der Waals surface area contributed by atoms with E-state index < -0.39 is 29.9 Å². The Kier molecular flexibility index (Phi) is 6.85. The van der Waals surface area contributed by atoms with E-state index in [9.17, 15) is 14.4 Å². The minimum Gasteiger partial charge on any atom is -0.493 e. The van der Waals surface area contributed by atoms with Crippen LogP contribution >= 0.6 is 23.2 Å². The van der Waals surface area contributed by atoms with E-state index in [0.717, 1.165) is 10.5 Å². The maximum Gasteiger partial charge on any atom is 0.325 e. The summed E-state index contributed by atoms with van der Waals surface area (Å²) in [5, 5.41) is 3.29. The average molecular weight is 480 g/mol. The summed E-state index contributed by atoms with van der Waals surface area (Å²) in [4.78, 5) is 40.7. The summed E-state index contributed by atoms with van der Waals surface area (Å²) >= 11 is 12.2. The molecule has 0 saturated carbocycles. The number of imide groups is 1. The minimum absolute atomic E-state index is 0.243. The molecule has 1 heterocycles. The van der Waals surface area contributed by atoms with Crippen LogP contribution in [0.3, 0.4) is 0 Å². The highest BCUT2D eigenvalue weighted by molar-refractivity contribution is 6.35. The largest absolute Gasteiger partial charge is 0.493 e. The van der Waals surface area contributed by atoms with Gasteiger partial charge >= 0.3 is 6.03 Å². The number of hydrogen-bond donors (Lipinski definition) is 1. The van der Waals surface area contributed by atoms with Gasteiger partial charge in [-0.2, -0.15) is 0 Å². The fourth-order valence-electron chi connectivity index (χ4n) is 3.52. The molecular weight excluding hydrogens is 457 g/mol. The van der Waals surface area contributed by atoms with Crippen molar-refractivity contribution >= 4 is 41.0 Å². The zero-order chi connectivity index (χ0) is 23.6. The number of hydrogen-bond acceptors (Lipinski definition) is 5. The number of carbonyl (C=O) groups is 3. The summed E-state index contributed by atoms with van der Waals surface area (Å²) in [6.45, 7) is 1.39. The highest BCUT2D eigenvalue weighted by Crippen LogP contribution is 2.35. The van der Waals surface area contributed by atoms with Crippen LogP contribution in [0.1, 0.15) is 18.1 Å². The Morgan fingerprint density at radius 3 is 2.41 bits per heavy atom. The quantitative estimate of drug-likeness (QED) is 0.614. The van der Waals surface area contributed by atoms with E-state index >= 15 is 0 Å². The summed E-state index contributed by atoms with van der Waals surface area (Å²) in [6, 6.07) is 9.29. The fraction of sp³-hybridized carbons (Fsp3) is 0.318. The number of benzene rings is 2. The Labute approximate surface area is 196 Å². The topological polar surface area (TPSA) is 88.2 Å². The number of halogens is 2. The molecule has 1 atom stereocenters. The second-order valence-corrected chi connectivity index (χ2v) is 8.35. The lowest BCUT2D eigenvalue weighted by Gasteiger charge is -2.24. The zero-order valence-electron chi connectivity index (χ0n) is 18.1. The van der Waals surface area contributed by atoms with Crippen molar-refractivity contribution in [2.45, 2.75) is 19.0 Å². The van der Waals surface area contributed by atoms with Crippen molar-refractivity contribution in [3.05, 3.63) is 57.6 Å². The molecule has 0 spiro atoms. The standard InChI is InChI=1S/C22H23Cl2N3O5/c1-22(15-7-6-14(23)10-16(15)24)20(29)27(21(30)25-22)12-19(28)26(2)11-13-5-8-17(31-3)18(9-13)32-4/h5-10H,11-12H2,1-4H3,(H,25,30). The molecule has 1 saturated heterocycles. The van der Waals surface area contributed by atoms with Crippen molar-refractivity contribution in [3.8, 4) is 11.5 Å². The van der Waals surface area contributed by atoms with Crippen LogP contribution in [-0.2, 0) is 21.7 Å². The first-order valence-electron chi connectivity index (χ1n) is 9.65. The number of nitrogens with zero attached hydrogens (tertiary/aromatic N) is 2. The lowest BCUT2D eigenvalue weighted by molar-refractivity contribution is -0.138. The van der Waals surface area contributed by atoms with Gasteiger partial charge in [-0.1, -0.05) is 35.3 Å². The van der Waals surface area contributed by atoms with Gasteiger partial charge in [0.05, 0.1) is 14.2 Å². The molecule has 32 heavy (non-hydrogen) atoms. The molecule has 8 nitrogen and oxygen atoms in total. The number of amides is 4. The Bertz CT molecular complexity index is 1080. The Hall–Kier alpha value is -2.97. The highest BCUT2D eigenvalue weighted by Gasteiger charge is 2.50. The van der Waals surface area contributed by atoms with Crippen LogP contribution in [0.2, 0.25) is 10.0 Å². The maximum atomic E-state index is 13.1. The molecule has 1 N–H and O–H groups in total. The van der Waals surface area contributed by atoms with E-state index in [4.69, 9.17) is 32.7 Å². The van der Waals surface area contributed by atoms with Crippen molar-refractivity contribution in [1.29, 1.82) is 0 Å². The molecule has 2 aromatic rings. The van der Waals surface area contributed by atoms with Crippen molar-refractivity contribution in [3.63, 3.8) is 0 Å². The summed E-state index contributed by atoms with van der Waals surface area (Å²) in [5.74, 6) is 0.134. The van der Waals surface area contributed by atoms with Gasteiger partial charge in [0, 0.05) is 29.2 Å². The van der Waals surface area contributed by atoms with Crippen LogP contribution < -0.4 is 14.8 Å². The summed E-state index contributed by atoms with van der Waals surface area (Å²) in [5.41, 5.74) is -0.204.